The van der Waals surface area contributed by atoms with Gasteiger partial charge in [0.25, 0.3) is 0 Å². The van der Waals surface area contributed by atoms with Crippen molar-refractivity contribution in [1.29, 1.82) is 0 Å². The van der Waals surface area contributed by atoms with Crippen LogP contribution >= 0.6 is 0 Å². The Hall–Kier alpha value is -4.48. The molecule has 12 nitrogen and oxygen atoms in total. The second-order valence-corrected chi connectivity index (χ2v) is 7.93. The number of aliphatic carboxylic acids is 1. The molecule has 12 heteroatoms. The van der Waals surface area contributed by atoms with Gasteiger partial charge in [0.05, 0.1) is 29.6 Å². The predicted molar refractivity (Wildman–Crippen MR) is 122 cm³/mol. The highest BCUT2D eigenvalue weighted by molar-refractivity contribution is 5.87. The van der Waals surface area contributed by atoms with Gasteiger partial charge in [-0.1, -0.05) is 12.1 Å². The van der Waals surface area contributed by atoms with E-state index in [-0.39, 0.29) is 11.8 Å². The molecule has 0 bridgehead atoms. The number of nitrogen functional groups attached to an aromatic ring is 1. The molecule has 0 radical (unpaired) electrons. The van der Waals surface area contributed by atoms with E-state index in [1.165, 1.54) is 12.4 Å². The molecule has 0 spiro atoms. The highest BCUT2D eigenvalue weighted by Crippen LogP contribution is 2.33. The number of carbonyl (C=O) groups is 1. The number of ether oxygens (including phenoxy) is 1. The second kappa shape index (κ2) is 8.81. The van der Waals surface area contributed by atoms with Crippen LogP contribution < -0.4 is 15.4 Å². The van der Waals surface area contributed by atoms with Crippen molar-refractivity contribution in [2.45, 2.75) is 18.9 Å². The second-order valence-electron chi connectivity index (χ2n) is 7.93. The maximum absolute atomic E-state index is 10.6. The average molecular weight is 462 g/mol. The third kappa shape index (κ3) is 4.12. The van der Waals surface area contributed by atoms with Crippen LogP contribution in [-0.2, 0) is 4.79 Å². The zero-order chi connectivity index (χ0) is 23.7. The number of nitrogens with two attached hydrogens (primary N) is 1. The van der Waals surface area contributed by atoms with Crippen molar-refractivity contribution in [3.63, 3.8) is 0 Å². The largest absolute Gasteiger partial charge is 0.507 e. The topological polar surface area (TPSA) is 165 Å². The van der Waals surface area contributed by atoms with Crippen LogP contribution in [0.1, 0.15) is 18.9 Å². The number of piperidine rings is 1. The van der Waals surface area contributed by atoms with Gasteiger partial charge in [-0.25, -0.2) is 14.8 Å². The lowest BCUT2D eigenvalue weighted by atomic mass is 10.1. The fraction of sp³-hybridized carbons (Fsp3) is 0.273. The van der Waals surface area contributed by atoms with Crippen molar-refractivity contribution in [2.75, 3.05) is 30.3 Å². The van der Waals surface area contributed by atoms with Crippen LogP contribution in [0.25, 0.3) is 22.3 Å². The molecule has 34 heavy (non-hydrogen) atoms. The molecule has 4 aromatic rings. The van der Waals surface area contributed by atoms with E-state index in [4.69, 9.17) is 15.6 Å². The van der Waals surface area contributed by atoms with Crippen LogP contribution in [0.4, 0.5) is 11.8 Å². The van der Waals surface area contributed by atoms with Crippen molar-refractivity contribution in [3.8, 4) is 22.8 Å². The number of fused-ring (bicyclic) bond motifs is 1. The van der Waals surface area contributed by atoms with Crippen LogP contribution in [0.2, 0.25) is 0 Å². The van der Waals surface area contributed by atoms with E-state index >= 15 is 0 Å². The van der Waals surface area contributed by atoms with Crippen molar-refractivity contribution >= 4 is 28.8 Å². The number of phenols is 1. The SMILES string of the molecule is Nc1nn(C2CCN(c3ncc(OCC(=O)O)cn3)CC2)c2cc(-c3ccccc3O)nnc12. The molecule has 1 saturated heterocycles. The number of hydrogen-bond acceptors (Lipinski definition) is 10. The van der Waals surface area contributed by atoms with E-state index in [0.717, 1.165) is 18.4 Å². The number of carboxylic acids is 1. The molecule has 5 rings (SSSR count). The molecule has 0 amide bonds. The van der Waals surface area contributed by atoms with Gasteiger partial charge in [-0.15, -0.1) is 10.2 Å². The third-order valence-corrected chi connectivity index (χ3v) is 5.73. The molecule has 4 heterocycles. The molecular weight excluding hydrogens is 440 g/mol. The number of benzene rings is 1. The Morgan fingerprint density at radius 1 is 1.15 bits per heavy atom. The number of phenolic OH excluding ortho intramolecular Hbond substituents is 1. The first-order chi connectivity index (χ1) is 16.5. The standard InChI is InChI=1S/C22H22N8O4/c23-21-20-17(9-16(26-27-20)15-3-1-2-4-18(15)31)30(28-21)13-5-7-29(8-6-13)22-24-10-14(11-25-22)34-12-19(32)33/h1-4,9-11,13,31H,5-8,12H2,(H2,23,28)(H,32,33). The van der Waals surface area contributed by atoms with Crippen LogP contribution in [0.3, 0.4) is 0 Å². The number of para-hydroxylation sites is 1. The molecule has 4 N–H and O–H groups in total. The molecule has 1 aliphatic heterocycles. The van der Waals surface area contributed by atoms with Gasteiger partial charge in [0.2, 0.25) is 5.95 Å². The summed E-state index contributed by atoms with van der Waals surface area (Å²) in [6.45, 7) is 0.962. The molecule has 0 unspecified atom stereocenters. The van der Waals surface area contributed by atoms with Gasteiger partial charge >= 0.3 is 5.97 Å². The van der Waals surface area contributed by atoms with Crippen molar-refractivity contribution in [2.24, 2.45) is 0 Å². The number of nitrogens with zero attached hydrogens (tertiary/aromatic N) is 7. The smallest absolute Gasteiger partial charge is 0.341 e. The first kappa shape index (κ1) is 21.4. The molecule has 0 saturated carbocycles. The van der Waals surface area contributed by atoms with E-state index in [2.05, 4.69) is 30.2 Å². The van der Waals surface area contributed by atoms with Crippen LogP contribution in [0.5, 0.6) is 11.5 Å². The Balaban J connectivity index is 1.33. The molecule has 3 aromatic heterocycles. The van der Waals surface area contributed by atoms with Gasteiger partial charge in [0, 0.05) is 18.7 Å². The first-order valence-corrected chi connectivity index (χ1v) is 10.7. The first-order valence-electron chi connectivity index (χ1n) is 10.7. The summed E-state index contributed by atoms with van der Waals surface area (Å²) in [7, 11) is 0. The summed E-state index contributed by atoms with van der Waals surface area (Å²) < 4.78 is 6.98. The molecule has 174 valence electrons. The lowest BCUT2D eigenvalue weighted by Crippen LogP contribution is -2.36. The molecule has 1 aliphatic rings. The van der Waals surface area contributed by atoms with E-state index < -0.39 is 12.6 Å². The molecule has 0 aliphatic carbocycles. The number of carboxylic acid groups (broad SMARTS) is 1. The summed E-state index contributed by atoms with van der Waals surface area (Å²) in [5.74, 6) is 0.244. The van der Waals surface area contributed by atoms with E-state index in [1.54, 1.807) is 18.2 Å². The highest BCUT2D eigenvalue weighted by atomic mass is 16.5. The number of anilines is 2. The van der Waals surface area contributed by atoms with Gasteiger partial charge < -0.3 is 25.6 Å². The fourth-order valence-electron chi connectivity index (χ4n) is 4.06. The van der Waals surface area contributed by atoms with E-state index in [0.29, 0.717) is 47.4 Å². The van der Waals surface area contributed by atoms with Crippen molar-refractivity contribution in [3.05, 3.63) is 42.7 Å². The van der Waals surface area contributed by atoms with Gasteiger partial charge in [-0.2, -0.15) is 5.10 Å². The molecule has 0 atom stereocenters. The summed E-state index contributed by atoms with van der Waals surface area (Å²) in [4.78, 5) is 21.3. The Morgan fingerprint density at radius 3 is 2.59 bits per heavy atom. The Bertz CT molecular complexity index is 1330. The zero-order valence-corrected chi connectivity index (χ0v) is 18.1. The third-order valence-electron chi connectivity index (χ3n) is 5.73. The monoisotopic (exact) mass is 462 g/mol. The summed E-state index contributed by atoms with van der Waals surface area (Å²) in [6.07, 6.45) is 4.51. The fourth-order valence-corrected chi connectivity index (χ4v) is 4.06. The minimum absolute atomic E-state index is 0.0932. The maximum Gasteiger partial charge on any atom is 0.341 e. The quantitative estimate of drug-likeness (QED) is 0.383. The summed E-state index contributed by atoms with van der Waals surface area (Å²) in [5.41, 5.74) is 8.54. The predicted octanol–water partition coefficient (Wildman–Crippen LogP) is 1.88. The Kier molecular flexibility index (Phi) is 5.54. The van der Waals surface area contributed by atoms with Gasteiger partial charge in [-0.05, 0) is 31.0 Å². The van der Waals surface area contributed by atoms with Crippen LogP contribution in [0, 0.1) is 0 Å². The van der Waals surface area contributed by atoms with Gasteiger partial charge in [0.15, 0.2) is 23.7 Å². The summed E-state index contributed by atoms with van der Waals surface area (Å²) >= 11 is 0. The normalized spacial score (nSPS) is 14.4. The minimum Gasteiger partial charge on any atom is -0.507 e. The molecular formula is C22H22N8O4. The van der Waals surface area contributed by atoms with Crippen LogP contribution in [-0.4, -0.2) is 65.8 Å². The van der Waals surface area contributed by atoms with Gasteiger partial charge in [-0.3, -0.25) is 4.68 Å². The number of hydrogen-bond donors (Lipinski definition) is 3. The average Bonchev–Trinajstić information content (AvgIpc) is 3.19. The number of aromatic nitrogens is 6. The van der Waals surface area contributed by atoms with E-state index in [9.17, 15) is 9.90 Å². The molecule has 1 aromatic carbocycles. The Morgan fingerprint density at radius 2 is 1.88 bits per heavy atom. The van der Waals surface area contributed by atoms with Crippen LogP contribution in [0.15, 0.2) is 42.7 Å². The Labute approximate surface area is 193 Å². The van der Waals surface area contributed by atoms with E-state index in [1.807, 2.05) is 16.8 Å². The number of aromatic hydroxyl groups is 1. The van der Waals surface area contributed by atoms with Gasteiger partial charge in [0.1, 0.15) is 5.75 Å². The lowest BCUT2D eigenvalue weighted by Gasteiger charge is -2.32. The summed E-state index contributed by atoms with van der Waals surface area (Å²) in [5, 5.41) is 31.9. The minimum atomic E-state index is -1.06. The maximum atomic E-state index is 10.6. The highest BCUT2D eigenvalue weighted by Gasteiger charge is 2.26. The lowest BCUT2D eigenvalue weighted by molar-refractivity contribution is -0.139. The molecule has 1 fully saturated rings. The summed E-state index contributed by atoms with van der Waals surface area (Å²) in [6, 6.07) is 8.92. The van der Waals surface area contributed by atoms with Crippen molar-refractivity contribution < 1.29 is 19.7 Å². The zero-order valence-electron chi connectivity index (χ0n) is 18.1. The van der Waals surface area contributed by atoms with Crippen molar-refractivity contribution in [1.82, 2.24) is 29.9 Å². The number of rotatable bonds is 6.